The molecule has 0 unspecified atom stereocenters. The summed E-state index contributed by atoms with van der Waals surface area (Å²) in [6, 6.07) is 17.6. The first-order valence-electron chi connectivity index (χ1n) is 8.77. The molecular formula is C22H21N3O3. The number of hydrogen-bond donors (Lipinski definition) is 2. The van der Waals surface area contributed by atoms with Crippen molar-refractivity contribution in [1.29, 1.82) is 0 Å². The minimum Gasteiger partial charge on any atom is -0.497 e. The fourth-order valence-electron chi connectivity index (χ4n) is 2.64. The summed E-state index contributed by atoms with van der Waals surface area (Å²) in [5.41, 5.74) is 3.61. The number of benzene rings is 2. The highest BCUT2D eigenvalue weighted by Gasteiger charge is 2.14. The number of hydrogen-bond acceptors (Lipinski definition) is 4. The second-order valence-corrected chi connectivity index (χ2v) is 6.37. The Bertz CT molecular complexity index is 1030. The van der Waals surface area contributed by atoms with Crippen LogP contribution in [-0.4, -0.2) is 23.9 Å². The van der Waals surface area contributed by atoms with Gasteiger partial charge < -0.3 is 15.4 Å². The number of carbonyl (C=O) groups is 2. The van der Waals surface area contributed by atoms with Gasteiger partial charge in [0.15, 0.2) is 0 Å². The van der Waals surface area contributed by atoms with Crippen molar-refractivity contribution >= 4 is 23.2 Å². The summed E-state index contributed by atoms with van der Waals surface area (Å²) in [7, 11) is 1.56. The Hall–Kier alpha value is -3.67. The van der Waals surface area contributed by atoms with Crippen molar-refractivity contribution in [1.82, 2.24) is 4.98 Å². The molecule has 2 amide bonds. The first kappa shape index (κ1) is 19.1. The molecule has 0 bridgehead atoms. The lowest BCUT2D eigenvalue weighted by atomic mass is 10.1. The van der Waals surface area contributed by atoms with Gasteiger partial charge in [-0.2, -0.15) is 0 Å². The lowest BCUT2D eigenvalue weighted by molar-refractivity contribution is 0.101. The van der Waals surface area contributed by atoms with Gasteiger partial charge in [-0.15, -0.1) is 0 Å². The number of nitrogens with zero attached hydrogens (tertiary/aromatic N) is 1. The van der Waals surface area contributed by atoms with Crippen LogP contribution in [0.25, 0.3) is 0 Å². The highest BCUT2D eigenvalue weighted by molar-refractivity contribution is 6.06. The lowest BCUT2D eigenvalue weighted by Crippen LogP contribution is -2.18. The molecule has 0 saturated carbocycles. The fraction of sp³-hybridized carbons (Fsp3) is 0.136. The van der Waals surface area contributed by atoms with Crippen molar-refractivity contribution < 1.29 is 14.3 Å². The van der Waals surface area contributed by atoms with Crippen molar-refractivity contribution in [3.8, 4) is 5.75 Å². The van der Waals surface area contributed by atoms with E-state index in [1.807, 2.05) is 32.0 Å². The molecule has 0 aliphatic rings. The largest absolute Gasteiger partial charge is 0.497 e. The number of carbonyl (C=O) groups excluding carboxylic acids is 2. The fourth-order valence-corrected chi connectivity index (χ4v) is 2.64. The summed E-state index contributed by atoms with van der Waals surface area (Å²) in [6.07, 6.45) is 0. The molecule has 0 fully saturated rings. The Labute approximate surface area is 163 Å². The number of nitrogens with one attached hydrogen (secondary N) is 2. The van der Waals surface area contributed by atoms with E-state index in [1.54, 1.807) is 49.6 Å². The summed E-state index contributed by atoms with van der Waals surface area (Å²) in [5, 5.41) is 5.60. The minimum absolute atomic E-state index is 0.149. The summed E-state index contributed by atoms with van der Waals surface area (Å²) in [5.74, 6) is -0.146. The molecule has 0 saturated heterocycles. The maximum Gasteiger partial charge on any atom is 0.274 e. The number of pyridine rings is 1. The Morgan fingerprint density at radius 2 is 1.54 bits per heavy atom. The molecular weight excluding hydrogens is 354 g/mol. The van der Waals surface area contributed by atoms with Gasteiger partial charge in [0.25, 0.3) is 11.8 Å². The summed E-state index contributed by atoms with van der Waals surface area (Å²) in [6.45, 7) is 3.87. The van der Waals surface area contributed by atoms with E-state index in [9.17, 15) is 9.59 Å². The monoisotopic (exact) mass is 375 g/mol. The van der Waals surface area contributed by atoms with E-state index >= 15 is 0 Å². The Kier molecular flexibility index (Phi) is 5.69. The van der Waals surface area contributed by atoms with E-state index in [2.05, 4.69) is 15.6 Å². The predicted octanol–water partition coefficient (Wildman–Crippen LogP) is 4.21. The number of aryl methyl sites for hydroxylation is 2. The molecule has 0 aliphatic heterocycles. The van der Waals surface area contributed by atoms with Gasteiger partial charge in [0.2, 0.25) is 0 Å². The summed E-state index contributed by atoms with van der Waals surface area (Å²) < 4.78 is 5.15. The maximum absolute atomic E-state index is 12.6. The number of aromatic nitrogens is 1. The molecule has 1 aromatic heterocycles. The molecule has 28 heavy (non-hydrogen) atoms. The topological polar surface area (TPSA) is 80.3 Å². The van der Waals surface area contributed by atoms with Crippen LogP contribution in [0.2, 0.25) is 0 Å². The smallest absolute Gasteiger partial charge is 0.274 e. The third-order valence-corrected chi connectivity index (χ3v) is 4.18. The van der Waals surface area contributed by atoms with Gasteiger partial charge >= 0.3 is 0 Å². The van der Waals surface area contributed by atoms with Crippen LogP contribution in [0.3, 0.4) is 0 Å². The lowest BCUT2D eigenvalue weighted by Gasteiger charge is -2.10. The second kappa shape index (κ2) is 8.35. The van der Waals surface area contributed by atoms with Crippen LogP contribution in [0.15, 0.2) is 60.7 Å². The van der Waals surface area contributed by atoms with Crippen molar-refractivity contribution in [3.05, 3.63) is 83.2 Å². The predicted molar refractivity (Wildman–Crippen MR) is 109 cm³/mol. The van der Waals surface area contributed by atoms with E-state index in [-0.39, 0.29) is 17.3 Å². The second-order valence-electron chi connectivity index (χ2n) is 6.37. The van der Waals surface area contributed by atoms with E-state index in [1.165, 1.54) is 0 Å². The SMILES string of the molecule is COc1cccc(NC(=O)c2cccc(C(=O)Nc3cc(C)ccc3C)n2)c1. The first-order chi connectivity index (χ1) is 13.5. The van der Waals surface area contributed by atoms with Crippen molar-refractivity contribution in [2.45, 2.75) is 13.8 Å². The molecule has 2 aromatic carbocycles. The van der Waals surface area contributed by atoms with Crippen molar-refractivity contribution in [2.24, 2.45) is 0 Å². The van der Waals surface area contributed by atoms with Gasteiger partial charge in [-0.1, -0.05) is 24.3 Å². The standard InChI is InChI=1S/C22H21N3O3/c1-14-10-11-15(2)20(12-14)25-22(27)19-9-5-8-18(24-19)21(26)23-16-6-4-7-17(13-16)28-3/h4-13H,1-3H3,(H,23,26)(H,25,27). The van der Waals surface area contributed by atoms with E-state index in [4.69, 9.17) is 4.74 Å². The molecule has 3 rings (SSSR count). The molecule has 2 N–H and O–H groups in total. The highest BCUT2D eigenvalue weighted by Crippen LogP contribution is 2.19. The molecule has 142 valence electrons. The molecule has 3 aromatic rings. The quantitative estimate of drug-likeness (QED) is 0.700. The van der Waals surface area contributed by atoms with Crippen LogP contribution in [0, 0.1) is 13.8 Å². The molecule has 6 heteroatoms. The highest BCUT2D eigenvalue weighted by atomic mass is 16.5. The van der Waals surface area contributed by atoms with Crippen LogP contribution in [0.4, 0.5) is 11.4 Å². The zero-order valence-corrected chi connectivity index (χ0v) is 15.9. The Morgan fingerprint density at radius 3 is 2.25 bits per heavy atom. The van der Waals surface area contributed by atoms with Crippen molar-refractivity contribution in [3.63, 3.8) is 0 Å². The summed E-state index contributed by atoms with van der Waals surface area (Å²) >= 11 is 0. The number of rotatable bonds is 5. The zero-order chi connectivity index (χ0) is 20.1. The number of methoxy groups -OCH3 is 1. The van der Waals surface area contributed by atoms with Crippen LogP contribution in [-0.2, 0) is 0 Å². The molecule has 0 aliphatic carbocycles. The van der Waals surface area contributed by atoms with Crippen LogP contribution >= 0.6 is 0 Å². The van der Waals surface area contributed by atoms with Crippen LogP contribution < -0.4 is 15.4 Å². The van der Waals surface area contributed by atoms with E-state index < -0.39 is 5.91 Å². The molecule has 0 spiro atoms. The minimum atomic E-state index is -0.408. The van der Waals surface area contributed by atoms with Crippen LogP contribution in [0.1, 0.15) is 32.1 Å². The van der Waals surface area contributed by atoms with E-state index in [0.29, 0.717) is 11.4 Å². The average Bonchev–Trinajstić information content (AvgIpc) is 2.71. The molecule has 6 nitrogen and oxygen atoms in total. The third-order valence-electron chi connectivity index (χ3n) is 4.18. The van der Waals surface area contributed by atoms with Crippen molar-refractivity contribution in [2.75, 3.05) is 17.7 Å². The van der Waals surface area contributed by atoms with E-state index in [0.717, 1.165) is 16.8 Å². The third kappa shape index (κ3) is 4.54. The van der Waals surface area contributed by atoms with Gasteiger partial charge in [-0.05, 0) is 55.3 Å². The number of anilines is 2. The average molecular weight is 375 g/mol. The van der Waals surface area contributed by atoms with Gasteiger partial charge in [-0.25, -0.2) is 4.98 Å². The van der Waals surface area contributed by atoms with Gasteiger partial charge in [-0.3, -0.25) is 9.59 Å². The van der Waals surface area contributed by atoms with Crippen LogP contribution in [0.5, 0.6) is 5.75 Å². The number of amides is 2. The molecule has 0 radical (unpaired) electrons. The Morgan fingerprint density at radius 1 is 0.857 bits per heavy atom. The van der Waals surface area contributed by atoms with Gasteiger partial charge in [0, 0.05) is 17.4 Å². The first-order valence-corrected chi connectivity index (χ1v) is 8.77. The van der Waals surface area contributed by atoms with Gasteiger partial charge in [0.05, 0.1) is 7.11 Å². The number of ether oxygens (including phenoxy) is 1. The normalized spacial score (nSPS) is 10.2. The Balaban J connectivity index is 1.76. The maximum atomic E-state index is 12.6. The zero-order valence-electron chi connectivity index (χ0n) is 15.9. The molecule has 0 atom stereocenters. The summed E-state index contributed by atoms with van der Waals surface area (Å²) in [4.78, 5) is 29.3. The van der Waals surface area contributed by atoms with Gasteiger partial charge in [0.1, 0.15) is 17.1 Å². The molecule has 1 heterocycles.